The van der Waals surface area contributed by atoms with E-state index in [2.05, 4.69) is 4.98 Å². The molecule has 2 N–H and O–H groups in total. The number of fused-ring (bicyclic) bond motifs is 1. The van der Waals surface area contributed by atoms with Gasteiger partial charge in [-0.1, -0.05) is 0 Å². The number of nitrogens with two attached hydrogens (primary N) is 1. The van der Waals surface area contributed by atoms with Gasteiger partial charge >= 0.3 is 0 Å². The first-order valence-corrected chi connectivity index (χ1v) is 4.81. The van der Waals surface area contributed by atoms with Crippen LogP contribution in [0.5, 0.6) is 0 Å². The lowest BCUT2D eigenvalue weighted by Crippen LogP contribution is -1.81. The monoisotopic (exact) mass is 208 g/mol. The molecule has 2 aromatic rings. The number of hydrogen-bond acceptors (Lipinski definition) is 5. The smallest absolute Gasteiger partial charge is 0.264 e. The van der Waals surface area contributed by atoms with Crippen LogP contribution < -0.4 is 5.73 Å². The van der Waals surface area contributed by atoms with Crippen molar-refractivity contribution < 1.29 is 9.21 Å². The first-order valence-electron chi connectivity index (χ1n) is 3.99. The second kappa shape index (κ2) is 3.34. The molecule has 5 heteroatoms. The second-order valence-electron chi connectivity index (χ2n) is 2.80. The molecule has 1 aromatic heterocycles. The van der Waals surface area contributed by atoms with Crippen molar-refractivity contribution in [3.05, 3.63) is 18.2 Å². The Hall–Kier alpha value is -1.49. The van der Waals surface area contributed by atoms with E-state index in [-0.39, 0.29) is 5.12 Å². The highest BCUT2D eigenvalue weighted by Gasteiger charge is 2.08. The van der Waals surface area contributed by atoms with Crippen LogP contribution in [0, 0.1) is 0 Å². The molecule has 0 aliphatic carbocycles. The van der Waals surface area contributed by atoms with Gasteiger partial charge in [-0.25, -0.2) is 4.98 Å². The number of aromatic nitrogens is 1. The molecule has 0 radical (unpaired) electrons. The largest absolute Gasteiger partial charge is 0.431 e. The van der Waals surface area contributed by atoms with Crippen LogP contribution >= 0.6 is 11.8 Å². The molecule has 0 atom stereocenters. The van der Waals surface area contributed by atoms with E-state index in [0.29, 0.717) is 22.0 Å². The number of nitrogens with zero attached hydrogens (tertiary/aromatic N) is 1. The van der Waals surface area contributed by atoms with Gasteiger partial charge in [-0.15, -0.1) is 0 Å². The van der Waals surface area contributed by atoms with Crippen LogP contribution in [-0.4, -0.2) is 10.1 Å². The molecular weight excluding hydrogens is 200 g/mol. The van der Waals surface area contributed by atoms with Gasteiger partial charge in [-0.05, 0) is 12.1 Å². The molecule has 1 heterocycles. The predicted molar refractivity (Wildman–Crippen MR) is 55.0 cm³/mol. The number of nitrogen functional groups attached to an aromatic ring is 1. The second-order valence-corrected chi connectivity index (χ2v) is 3.93. The van der Waals surface area contributed by atoms with E-state index in [4.69, 9.17) is 10.2 Å². The molecule has 0 saturated carbocycles. The number of carbonyl (C=O) groups excluding carboxylic acids is 1. The number of carbonyl (C=O) groups is 1. The zero-order valence-electron chi connectivity index (χ0n) is 7.48. The predicted octanol–water partition coefficient (Wildman–Crippen LogP) is 2.05. The number of rotatable bonds is 1. The Balaban J connectivity index is 2.46. The van der Waals surface area contributed by atoms with Crippen LogP contribution in [-0.2, 0) is 4.79 Å². The van der Waals surface area contributed by atoms with E-state index in [1.807, 2.05) is 0 Å². The highest BCUT2D eigenvalue weighted by Crippen LogP contribution is 2.24. The van der Waals surface area contributed by atoms with Crippen molar-refractivity contribution in [1.82, 2.24) is 4.98 Å². The van der Waals surface area contributed by atoms with Crippen LogP contribution in [0.1, 0.15) is 6.92 Å². The van der Waals surface area contributed by atoms with Crippen molar-refractivity contribution in [2.75, 3.05) is 5.73 Å². The van der Waals surface area contributed by atoms with Gasteiger partial charge in [-0.2, -0.15) is 0 Å². The summed E-state index contributed by atoms with van der Waals surface area (Å²) in [7, 11) is 0. The van der Waals surface area contributed by atoms with E-state index in [1.165, 1.54) is 6.92 Å². The zero-order chi connectivity index (χ0) is 10.1. The molecule has 0 bridgehead atoms. The fraction of sp³-hybridized carbons (Fsp3) is 0.111. The van der Waals surface area contributed by atoms with Crippen molar-refractivity contribution in [1.29, 1.82) is 0 Å². The van der Waals surface area contributed by atoms with Gasteiger partial charge in [0, 0.05) is 30.4 Å². The quantitative estimate of drug-likeness (QED) is 0.573. The minimum Gasteiger partial charge on any atom is -0.431 e. The van der Waals surface area contributed by atoms with Crippen molar-refractivity contribution >= 4 is 33.7 Å². The maximum atomic E-state index is 10.8. The molecule has 0 aliphatic heterocycles. The van der Waals surface area contributed by atoms with Crippen molar-refractivity contribution in [3.8, 4) is 0 Å². The molecule has 0 saturated heterocycles. The summed E-state index contributed by atoms with van der Waals surface area (Å²) in [6.45, 7) is 1.47. The summed E-state index contributed by atoms with van der Waals surface area (Å²) in [4.78, 5) is 14.9. The summed E-state index contributed by atoms with van der Waals surface area (Å²) in [6.07, 6.45) is 0. The maximum Gasteiger partial charge on any atom is 0.264 e. The Labute approximate surface area is 84.5 Å². The number of hydrogen-bond donors (Lipinski definition) is 1. The summed E-state index contributed by atoms with van der Waals surface area (Å²) < 4.78 is 5.31. The summed E-state index contributed by atoms with van der Waals surface area (Å²) in [5.74, 6) is 0. The molecule has 0 spiro atoms. The van der Waals surface area contributed by atoms with Crippen LogP contribution in [0.2, 0.25) is 0 Å². The molecule has 4 nitrogen and oxygen atoms in total. The first kappa shape index (κ1) is 9.08. The van der Waals surface area contributed by atoms with E-state index < -0.39 is 0 Å². The van der Waals surface area contributed by atoms with Crippen LogP contribution in [0.25, 0.3) is 11.1 Å². The molecule has 14 heavy (non-hydrogen) atoms. The van der Waals surface area contributed by atoms with Crippen LogP contribution in [0.3, 0.4) is 0 Å². The average Bonchev–Trinajstić information content (AvgIpc) is 2.44. The molecule has 0 aliphatic rings. The summed E-state index contributed by atoms with van der Waals surface area (Å²) in [6, 6.07) is 5.19. The topological polar surface area (TPSA) is 69.1 Å². The van der Waals surface area contributed by atoms with Gasteiger partial charge in [-0.3, -0.25) is 4.79 Å². The van der Waals surface area contributed by atoms with Gasteiger partial charge < -0.3 is 10.2 Å². The minimum atomic E-state index is -0.0514. The summed E-state index contributed by atoms with van der Waals surface area (Å²) in [5.41, 5.74) is 7.51. The molecule has 0 fully saturated rings. The highest BCUT2D eigenvalue weighted by atomic mass is 32.2. The average molecular weight is 208 g/mol. The third-order valence-electron chi connectivity index (χ3n) is 1.62. The number of oxazole rings is 1. The fourth-order valence-electron chi connectivity index (χ4n) is 1.09. The normalized spacial score (nSPS) is 10.6. The van der Waals surface area contributed by atoms with Crippen LogP contribution in [0.4, 0.5) is 5.69 Å². The standard InChI is InChI=1S/C9H8N2O2S/c1-5(12)14-9-11-7-3-2-6(10)4-8(7)13-9/h2-4H,10H2,1H3. The number of benzene rings is 1. The Morgan fingerprint density at radius 3 is 3.07 bits per heavy atom. The van der Waals surface area contributed by atoms with Gasteiger partial charge in [0.15, 0.2) is 10.7 Å². The molecule has 2 rings (SSSR count). The minimum absolute atomic E-state index is 0.0514. The number of anilines is 1. The van der Waals surface area contributed by atoms with Gasteiger partial charge in [0.25, 0.3) is 5.22 Å². The van der Waals surface area contributed by atoms with Crippen molar-refractivity contribution in [2.24, 2.45) is 0 Å². The Morgan fingerprint density at radius 1 is 1.57 bits per heavy atom. The molecular formula is C9H8N2O2S. The van der Waals surface area contributed by atoms with Gasteiger partial charge in [0.2, 0.25) is 0 Å². The third kappa shape index (κ3) is 1.72. The van der Waals surface area contributed by atoms with Crippen molar-refractivity contribution in [3.63, 3.8) is 0 Å². The lowest BCUT2D eigenvalue weighted by atomic mass is 10.3. The summed E-state index contributed by atoms with van der Waals surface area (Å²) in [5, 5.41) is 0.308. The van der Waals surface area contributed by atoms with Crippen molar-refractivity contribution in [2.45, 2.75) is 12.1 Å². The molecule has 0 amide bonds. The highest BCUT2D eigenvalue weighted by molar-refractivity contribution is 8.13. The van der Waals surface area contributed by atoms with Crippen LogP contribution in [0.15, 0.2) is 27.8 Å². The van der Waals surface area contributed by atoms with E-state index in [0.717, 1.165) is 11.8 Å². The Morgan fingerprint density at radius 2 is 2.36 bits per heavy atom. The fourth-order valence-corrected chi connectivity index (χ4v) is 1.61. The third-order valence-corrected chi connectivity index (χ3v) is 2.26. The maximum absolute atomic E-state index is 10.8. The van der Waals surface area contributed by atoms with Gasteiger partial charge in [0.1, 0.15) is 5.52 Å². The lowest BCUT2D eigenvalue weighted by molar-refractivity contribution is -0.109. The van der Waals surface area contributed by atoms with E-state index >= 15 is 0 Å². The Bertz CT molecular complexity index is 493. The SMILES string of the molecule is CC(=O)Sc1nc2ccc(N)cc2o1. The van der Waals surface area contributed by atoms with E-state index in [1.54, 1.807) is 18.2 Å². The molecule has 0 unspecified atom stereocenters. The lowest BCUT2D eigenvalue weighted by Gasteiger charge is -1.88. The summed E-state index contributed by atoms with van der Waals surface area (Å²) >= 11 is 0.973. The Kier molecular flexibility index (Phi) is 2.17. The molecule has 72 valence electrons. The zero-order valence-corrected chi connectivity index (χ0v) is 8.30. The number of thioether (sulfide) groups is 1. The molecule has 1 aromatic carbocycles. The van der Waals surface area contributed by atoms with Gasteiger partial charge in [0.05, 0.1) is 0 Å². The van der Waals surface area contributed by atoms with E-state index in [9.17, 15) is 4.79 Å². The first-order chi connectivity index (χ1) is 6.65.